The van der Waals surface area contributed by atoms with Crippen molar-refractivity contribution in [2.24, 2.45) is 0 Å². The average Bonchev–Trinajstić information content (AvgIpc) is 2.50. The first-order valence-electron chi connectivity index (χ1n) is 7.16. The van der Waals surface area contributed by atoms with Crippen LogP contribution in [0, 0.1) is 25.2 Å². The van der Waals surface area contributed by atoms with E-state index in [4.69, 9.17) is 0 Å². The van der Waals surface area contributed by atoms with Gasteiger partial charge in [0.15, 0.2) is 5.82 Å². The maximum Gasteiger partial charge on any atom is 0.167 e. The summed E-state index contributed by atoms with van der Waals surface area (Å²) in [5.41, 5.74) is 3.60. The molecule has 108 valence electrons. The molecule has 0 saturated carbocycles. The maximum atomic E-state index is 9.29. The molecule has 0 spiro atoms. The zero-order chi connectivity index (χ0) is 15.2. The van der Waals surface area contributed by atoms with Crippen molar-refractivity contribution in [3.8, 4) is 6.07 Å². The van der Waals surface area contributed by atoms with E-state index in [9.17, 15) is 5.26 Å². The Morgan fingerprint density at radius 1 is 1.19 bits per heavy atom. The Labute approximate surface area is 125 Å². The van der Waals surface area contributed by atoms with Crippen molar-refractivity contribution in [2.75, 3.05) is 5.32 Å². The van der Waals surface area contributed by atoms with Gasteiger partial charge >= 0.3 is 0 Å². The van der Waals surface area contributed by atoms with Gasteiger partial charge in [0, 0.05) is 6.04 Å². The SMILES string of the molecule is Cc1nnc(NC(C)CCc2ccccc2)c(C#N)c1C. The van der Waals surface area contributed by atoms with Gasteiger partial charge in [-0.2, -0.15) is 10.4 Å². The lowest BCUT2D eigenvalue weighted by molar-refractivity contribution is 0.699. The van der Waals surface area contributed by atoms with E-state index in [0.29, 0.717) is 11.4 Å². The Morgan fingerprint density at radius 3 is 2.57 bits per heavy atom. The number of anilines is 1. The monoisotopic (exact) mass is 280 g/mol. The smallest absolute Gasteiger partial charge is 0.167 e. The molecule has 0 fully saturated rings. The molecular weight excluding hydrogens is 260 g/mol. The Morgan fingerprint density at radius 2 is 1.90 bits per heavy atom. The highest BCUT2D eigenvalue weighted by Crippen LogP contribution is 2.18. The third kappa shape index (κ3) is 3.79. The van der Waals surface area contributed by atoms with Gasteiger partial charge < -0.3 is 5.32 Å². The quantitative estimate of drug-likeness (QED) is 0.911. The molecule has 0 bridgehead atoms. The highest BCUT2D eigenvalue weighted by Gasteiger charge is 2.12. The molecule has 0 amide bonds. The van der Waals surface area contributed by atoms with Crippen molar-refractivity contribution in [3.63, 3.8) is 0 Å². The summed E-state index contributed by atoms with van der Waals surface area (Å²) in [7, 11) is 0. The zero-order valence-electron chi connectivity index (χ0n) is 12.7. The molecule has 2 aromatic rings. The minimum Gasteiger partial charge on any atom is -0.365 e. The molecule has 1 aromatic carbocycles. The summed E-state index contributed by atoms with van der Waals surface area (Å²) in [6.07, 6.45) is 1.97. The van der Waals surface area contributed by atoms with Crippen LogP contribution in [-0.2, 0) is 6.42 Å². The molecule has 2 rings (SSSR count). The van der Waals surface area contributed by atoms with Crippen LogP contribution in [0.5, 0.6) is 0 Å². The van der Waals surface area contributed by atoms with Gasteiger partial charge in [0.2, 0.25) is 0 Å². The minimum atomic E-state index is 0.230. The number of aryl methyl sites for hydroxylation is 2. The Bertz CT molecular complexity index is 644. The van der Waals surface area contributed by atoms with Gasteiger partial charge in [-0.1, -0.05) is 30.3 Å². The fourth-order valence-electron chi connectivity index (χ4n) is 2.18. The Balaban J connectivity index is 2.02. The standard InChI is InChI=1S/C17H20N4/c1-12(9-10-15-7-5-4-6-8-15)19-17-16(11-18)13(2)14(3)20-21-17/h4-8,12H,9-10H2,1-3H3,(H,19,21). The second-order valence-electron chi connectivity index (χ2n) is 5.32. The number of hydrogen-bond donors (Lipinski definition) is 1. The average molecular weight is 280 g/mol. The zero-order valence-corrected chi connectivity index (χ0v) is 12.7. The maximum absolute atomic E-state index is 9.29. The van der Waals surface area contributed by atoms with Gasteiger partial charge in [0.1, 0.15) is 11.6 Å². The van der Waals surface area contributed by atoms with Crippen molar-refractivity contribution in [1.82, 2.24) is 10.2 Å². The van der Waals surface area contributed by atoms with Crippen LogP contribution in [0.4, 0.5) is 5.82 Å². The van der Waals surface area contributed by atoms with Gasteiger partial charge in [-0.05, 0) is 44.7 Å². The largest absolute Gasteiger partial charge is 0.365 e. The highest BCUT2D eigenvalue weighted by atomic mass is 15.2. The molecule has 4 nitrogen and oxygen atoms in total. The van der Waals surface area contributed by atoms with E-state index in [1.54, 1.807) is 0 Å². The third-order valence-electron chi connectivity index (χ3n) is 3.66. The lowest BCUT2D eigenvalue weighted by atomic mass is 10.1. The van der Waals surface area contributed by atoms with Crippen LogP contribution >= 0.6 is 0 Å². The third-order valence-corrected chi connectivity index (χ3v) is 3.66. The van der Waals surface area contributed by atoms with E-state index in [1.165, 1.54) is 5.56 Å². The number of benzene rings is 1. The first-order chi connectivity index (χ1) is 10.1. The Kier molecular flexibility index (Phi) is 4.89. The summed E-state index contributed by atoms with van der Waals surface area (Å²) >= 11 is 0. The molecule has 0 aliphatic heterocycles. The number of hydrogen-bond acceptors (Lipinski definition) is 4. The molecule has 1 heterocycles. The summed E-state index contributed by atoms with van der Waals surface area (Å²) in [4.78, 5) is 0. The second-order valence-corrected chi connectivity index (χ2v) is 5.32. The van der Waals surface area contributed by atoms with Crippen molar-refractivity contribution < 1.29 is 0 Å². The van der Waals surface area contributed by atoms with Gasteiger partial charge in [0.05, 0.1) is 5.69 Å². The summed E-state index contributed by atoms with van der Waals surface area (Å²) in [5, 5.41) is 20.8. The van der Waals surface area contributed by atoms with Crippen LogP contribution in [0.1, 0.15) is 35.7 Å². The molecule has 4 heteroatoms. The summed E-state index contributed by atoms with van der Waals surface area (Å²) in [6.45, 7) is 5.87. The van der Waals surface area contributed by atoms with Gasteiger partial charge in [-0.15, -0.1) is 5.10 Å². The molecule has 1 aromatic heterocycles. The van der Waals surface area contributed by atoms with E-state index >= 15 is 0 Å². The highest BCUT2D eigenvalue weighted by molar-refractivity contribution is 5.56. The van der Waals surface area contributed by atoms with E-state index in [1.807, 2.05) is 19.9 Å². The lowest BCUT2D eigenvalue weighted by Gasteiger charge is -2.16. The first-order valence-corrected chi connectivity index (χ1v) is 7.16. The predicted octanol–water partition coefficient (Wildman–Crippen LogP) is 3.40. The van der Waals surface area contributed by atoms with Crippen LogP contribution in [0.2, 0.25) is 0 Å². The number of nitrogens with one attached hydrogen (secondary N) is 1. The van der Waals surface area contributed by atoms with Gasteiger partial charge in [0.25, 0.3) is 0 Å². The molecule has 0 aliphatic rings. The molecule has 0 saturated heterocycles. The predicted molar refractivity (Wildman–Crippen MR) is 84.1 cm³/mol. The van der Waals surface area contributed by atoms with Crippen molar-refractivity contribution in [3.05, 3.63) is 52.7 Å². The number of nitriles is 1. The minimum absolute atomic E-state index is 0.230. The molecule has 0 radical (unpaired) electrons. The topological polar surface area (TPSA) is 61.6 Å². The molecule has 1 atom stereocenters. The van der Waals surface area contributed by atoms with Crippen LogP contribution in [0.15, 0.2) is 30.3 Å². The second kappa shape index (κ2) is 6.85. The first kappa shape index (κ1) is 15.0. The molecule has 0 aliphatic carbocycles. The van der Waals surface area contributed by atoms with Gasteiger partial charge in [-0.3, -0.25) is 0 Å². The Hall–Kier alpha value is -2.41. The lowest BCUT2D eigenvalue weighted by Crippen LogP contribution is -2.19. The summed E-state index contributed by atoms with van der Waals surface area (Å²) in [6, 6.07) is 12.8. The van der Waals surface area contributed by atoms with Crippen molar-refractivity contribution >= 4 is 5.82 Å². The van der Waals surface area contributed by atoms with E-state index in [2.05, 4.69) is 52.8 Å². The molecular formula is C17H20N4. The summed E-state index contributed by atoms with van der Waals surface area (Å²) < 4.78 is 0. The van der Waals surface area contributed by atoms with E-state index in [0.717, 1.165) is 24.1 Å². The fourth-order valence-corrected chi connectivity index (χ4v) is 2.18. The van der Waals surface area contributed by atoms with Crippen LogP contribution in [0.25, 0.3) is 0 Å². The number of nitrogens with zero attached hydrogens (tertiary/aromatic N) is 3. The normalized spacial score (nSPS) is 11.7. The number of aromatic nitrogens is 2. The van der Waals surface area contributed by atoms with Crippen LogP contribution in [0.3, 0.4) is 0 Å². The van der Waals surface area contributed by atoms with Crippen LogP contribution in [-0.4, -0.2) is 16.2 Å². The molecule has 1 unspecified atom stereocenters. The van der Waals surface area contributed by atoms with Crippen LogP contribution < -0.4 is 5.32 Å². The molecule has 21 heavy (non-hydrogen) atoms. The van der Waals surface area contributed by atoms with E-state index < -0.39 is 0 Å². The molecule has 1 N–H and O–H groups in total. The van der Waals surface area contributed by atoms with Gasteiger partial charge in [-0.25, -0.2) is 0 Å². The van der Waals surface area contributed by atoms with Crippen molar-refractivity contribution in [2.45, 2.75) is 39.7 Å². The van der Waals surface area contributed by atoms with E-state index in [-0.39, 0.29) is 6.04 Å². The summed E-state index contributed by atoms with van der Waals surface area (Å²) in [5.74, 6) is 0.584. The van der Waals surface area contributed by atoms with Crippen molar-refractivity contribution in [1.29, 1.82) is 5.26 Å². The fraction of sp³-hybridized carbons (Fsp3) is 0.353. The number of rotatable bonds is 5.